The molecule has 0 saturated heterocycles. The highest BCUT2D eigenvalue weighted by Crippen LogP contribution is 2.06. The van der Waals surface area contributed by atoms with Crippen molar-refractivity contribution in [1.29, 1.82) is 0 Å². The Morgan fingerprint density at radius 1 is 0.880 bits per heavy atom. The van der Waals surface area contributed by atoms with E-state index in [2.05, 4.69) is 6.92 Å². The number of aliphatic hydroxyl groups is 3. The summed E-state index contributed by atoms with van der Waals surface area (Å²) in [5, 5.41) is 38.0. The third-order valence-corrected chi connectivity index (χ3v) is 3.75. The summed E-state index contributed by atoms with van der Waals surface area (Å²) < 4.78 is 0. The standard InChI is InChI=1S/C20H34O5/c1-2-3-4-5-6-10-13-18(22)19(23)16-15-17(21)12-9-7-8-11-14-20(24)25/h6-7,9-10,15-19,21-23H,2-5,8,11-14H2,1H3,(H,24,25)/b9-7-,10-6-,16-15+/t17?,18-,19-/m1/s1. The summed E-state index contributed by atoms with van der Waals surface area (Å²) in [7, 11) is 0. The normalized spacial score (nSPS) is 16.0. The molecule has 25 heavy (non-hydrogen) atoms. The van der Waals surface area contributed by atoms with Crippen molar-refractivity contribution in [2.75, 3.05) is 0 Å². The van der Waals surface area contributed by atoms with E-state index in [1.165, 1.54) is 25.0 Å². The van der Waals surface area contributed by atoms with Gasteiger partial charge in [-0.15, -0.1) is 0 Å². The van der Waals surface area contributed by atoms with E-state index in [4.69, 9.17) is 5.11 Å². The highest BCUT2D eigenvalue weighted by Gasteiger charge is 2.11. The van der Waals surface area contributed by atoms with Crippen molar-refractivity contribution >= 4 is 5.97 Å². The van der Waals surface area contributed by atoms with Gasteiger partial charge in [0.15, 0.2) is 0 Å². The summed E-state index contributed by atoms with van der Waals surface area (Å²) >= 11 is 0. The maximum atomic E-state index is 10.3. The summed E-state index contributed by atoms with van der Waals surface area (Å²) in [5.41, 5.74) is 0. The van der Waals surface area contributed by atoms with Gasteiger partial charge in [0.25, 0.3) is 0 Å². The van der Waals surface area contributed by atoms with Crippen molar-refractivity contribution in [3.63, 3.8) is 0 Å². The van der Waals surface area contributed by atoms with E-state index in [0.29, 0.717) is 25.7 Å². The van der Waals surface area contributed by atoms with Gasteiger partial charge in [0.1, 0.15) is 0 Å². The molecule has 0 aromatic rings. The van der Waals surface area contributed by atoms with Gasteiger partial charge in [0.2, 0.25) is 0 Å². The molecule has 5 nitrogen and oxygen atoms in total. The molecule has 3 atom stereocenters. The molecule has 0 aliphatic rings. The minimum Gasteiger partial charge on any atom is -0.481 e. The molecule has 0 aliphatic heterocycles. The van der Waals surface area contributed by atoms with Gasteiger partial charge < -0.3 is 20.4 Å². The Labute approximate surface area is 151 Å². The van der Waals surface area contributed by atoms with E-state index in [9.17, 15) is 20.1 Å². The maximum Gasteiger partial charge on any atom is 0.303 e. The van der Waals surface area contributed by atoms with E-state index in [1.807, 2.05) is 18.2 Å². The van der Waals surface area contributed by atoms with Crippen LogP contribution in [0.15, 0.2) is 36.5 Å². The van der Waals surface area contributed by atoms with E-state index in [0.717, 1.165) is 12.8 Å². The first kappa shape index (κ1) is 23.6. The zero-order valence-corrected chi connectivity index (χ0v) is 15.3. The summed E-state index contributed by atoms with van der Waals surface area (Å²) in [6, 6.07) is 0. The number of rotatable bonds is 15. The Kier molecular flexibility index (Phi) is 15.1. The number of unbranched alkanes of at least 4 members (excludes halogenated alkanes) is 4. The molecular weight excluding hydrogens is 320 g/mol. The molecule has 0 aromatic carbocycles. The van der Waals surface area contributed by atoms with E-state index >= 15 is 0 Å². The van der Waals surface area contributed by atoms with Gasteiger partial charge in [-0.2, -0.15) is 0 Å². The summed E-state index contributed by atoms with van der Waals surface area (Å²) in [5.74, 6) is -0.806. The van der Waals surface area contributed by atoms with E-state index in [-0.39, 0.29) is 6.42 Å². The quantitative estimate of drug-likeness (QED) is 0.267. The zero-order chi connectivity index (χ0) is 18.9. The minimum atomic E-state index is -1.01. The molecule has 1 unspecified atom stereocenters. The fourth-order valence-corrected chi connectivity index (χ4v) is 2.18. The van der Waals surface area contributed by atoms with Crippen LogP contribution < -0.4 is 0 Å². The third-order valence-electron chi connectivity index (χ3n) is 3.75. The summed E-state index contributed by atoms with van der Waals surface area (Å²) in [4.78, 5) is 10.3. The number of carboxylic acids is 1. The number of aliphatic carboxylic acids is 1. The second kappa shape index (κ2) is 16.1. The van der Waals surface area contributed by atoms with Crippen LogP contribution in [-0.2, 0) is 4.79 Å². The third kappa shape index (κ3) is 15.8. The molecule has 0 aromatic heterocycles. The molecule has 5 heteroatoms. The minimum absolute atomic E-state index is 0.143. The molecule has 0 aliphatic carbocycles. The van der Waals surface area contributed by atoms with Crippen LogP contribution in [0.5, 0.6) is 0 Å². The van der Waals surface area contributed by atoms with Crippen molar-refractivity contribution in [2.45, 2.75) is 83.0 Å². The van der Waals surface area contributed by atoms with Gasteiger partial charge in [-0.1, -0.05) is 56.2 Å². The Bertz CT molecular complexity index is 414. The molecule has 0 rings (SSSR count). The maximum absolute atomic E-state index is 10.3. The van der Waals surface area contributed by atoms with Gasteiger partial charge in [-0.05, 0) is 38.5 Å². The van der Waals surface area contributed by atoms with Crippen LogP contribution in [0.1, 0.15) is 64.7 Å². The van der Waals surface area contributed by atoms with Crippen LogP contribution in [0, 0.1) is 0 Å². The molecule has 0 amide bonds. The second-order valence-corrected chi connectivity index (χ2v) is 6.21. The average molecular weight is 354 g/mol. The van der Waals surface area contributed by atoms with Crippen LogP contribution in [-0.4, -0.2) is 44.7 Å². The molecule has 4 N–H and O–H groups in total. The fraction of sp³-hybridized carbons (Fsp3) is 0.650. The van der Waals surface area contributed by atoms with Crippen molar-refractivity contribution in [3.8, 4) is 0 Å². The van der Waals surface area contributed by atoms with E-state index < -0.39 is 24.3 Å². The second-order valence-electron chi connectivity index (χ2n) is 6.21. The highest BCUT2D eigenvalue weighted by atomic mass is 16.4. The topological polar surface area (TPSA) is 98.0 Å². The van der Waals surface area contributed by atoms with Crippen LogP contribution >= 0.6 is 0 Å². The van der Waals surface area contributed by atoms with Crippen LogP contribution in [0.3, 0.4) is 0 Å². The van der Waals surface area contributed by atoms with Crippen LogP contribution in [0.25, 0.3) is 0 Å². The number of hydrogen-bond donors (Lipinski definition) is 4. The molecule has 0 bridgehead atoms. The van der Waals surface area contributed by atoms with E-state index in [1.54, 1.807) is 6.08 Å². The SMILES string of the molecule is CCCCC/C=C\C[C@@H](O)[C@H](O)/C=C/C(O)C/C=C\CCCC(=O)O. The zero-order valence-electron chi connectivity index (χ0n) is 15.3. The Morgan fingerprint density at radius 2 is 1.52 bits per heavy atom. The Morgan fingerprint density at radius 3 is 2.16 bits per heavy atom. The fourth-order valence-electron chi connectivity index (χ4n) is 2.18. The van der Waals surface area contributed by atoms with Gasteiger partial charge in [0.05, 0.1) is 18.3 Å². The van der Waals surface area contributed by atoms with Crippen molar-refractivity contribution in [1.82, 2.24) is 0 Å². The van der Waals surface area contributed by atoms with Crippen molar-refractivity contribution < 1.29 is 25.2 Å². The van der Waals surface area contributed by atoms with Crippen molar-refractivity contribution in [2.24, 2.45) is 0 Å². The number of aliphatic hydroxyl groups excluding tert-OH is 3. The number of carboxylic acid groups (broad SMARTS) is 1. The molecule has 0 fully saturated rings. The number of allylic oxidation sites excluding steroid dienone is 2. The van der Waals surface area contributed by atoms with Crippen LogP contribution in [0.4, 0.5) is 0 Å². The molecular formula is C20H34O5. The average Bonchev–Trinajstić information content (AvgIpc) is 2.58. The van der Waals surface area contributed by atoms with Gasteiger partial charge in [0, 0.05) is 6.42 Å². The molecule has 0 heterocycles. The summed E-state index contributed by atoms with van der Waals surface area (Å²) in [6.45, 7) is 2.15. The lowest BCUT2D eigenvalue weighted by Crippen LogP contribution is -2.23. The van der Waals surface area contributed by atoms with Gasteiger partial charge >= 0.3 is 5.97 Å². The first-order valence-corrected chi connectivity index (χ1v) is 9.21. The smallest absolute Gasteiger partial charge is 0.303 e. The predicted molar refractivity (Wildman–Crippen MR) is 100 cm³/mol. The lowest BCUT2D eigenvalue weighted by Gasteiger charge is -2.13. The van der Waals surface area contributed by atoms with Gasteiger partial charge in [-0.25, -0.2) is 0 Å². The molecule has 144 valence electrons. The Hall–Kier alpha value is -1.43. The monoisotopic (exact) mass is 354 g/mol. The lowest BCUT2D eigenvalue weighted by molar-refractivity contribution is -0.137. The molecule has 0 spiro atoms. The van der Waals surface area contributed by atoms with Crippen molar-refractivity contribution in [3.05, 3.63) is 36.5 Å². The number of carbonyl (C=O) groups is 1. The lowest BCUT2D eigenvalue weighted by atomic mass is 10.1. The highest BCUT2D eigenvalue weighted by molar-refractivity contribution is 5.66. The largest absolute Gasteiger partial charge is 0.481 e. The first-order valence-electron chi connectivity index (χ1n) is 9.21. The first-order chi connectivity index (χ1) is 12.0. The molecule has 0 saturated carbocycles. The number of hydrogen-bond acceptors (Lipinski definition) is 4. The van der Waals surface area contributed by atoms with Crippen LogP contribution in [0.2, 0.25) is 0 Å². The van der Waals surface area contributed by atoms with Gasteiger partial charge in [-0.3, -0.25) is 4.79 Å². The predicted octanol–water partition coefficient (Wildman–Crippen LogP) is 3.35. The summed E-state index contributed by atoms with van der Waals surface area (Å²) in [6.07, 6.45) is 14.5. The Balaban J connectivity index is 3.91. The molecule has 0 radical (unpaired) electrons.